The summed E-state index contributed by atoms with van der Waals surface area (Å²) in [6, 6.07) is 5.78. The van der Waals surface area contributed by atoms with Gasteiger partial charge in [0.25, 0.3) is 0 Å². The number of benzene rings is 1. The fourth-order valence-corrected chi connectivity index (χ4v) is 4.43. The standard InChI is InChI=1S/C22H44N.C7H8O3S/c1-5-8-11-13-15-18-21-23(4,20-17-10-7-3)22-19-16-14-12-9-6-2;1-6-2-4-7(5-3-6)11(8,9)10/h7,10,17H,3,5-6,8-9,11-16,18-22H2,1-2,4H3;2-5H,1H3,(H,8,9,10)/q+1;/p-1/b17-10+;. The van der Waals surface area contributed by atoms with Crippen LogP contribution in [-0.4, -0.2) is 44.1 Å². The Labute approximate surface area is 211 Å². The van der Waals surface area contributed by atoms with Crippen molar-refractivity contribution in [2.75, 3.05) is 26.7 Å². The van der Waals surface area contributed by atoms with E-state index in [1.54, 1.807) is 12.1 Å². The van der Waals surface area contributed by atoms with Crippen LogP contribution >= 0.6 is 0 Å². The van der Waals surface area contributed by atoms with E-state index < -0.39 is 10.1 Å². The van der Waals surface area contributed by atoms with Gasteiger partial charge in [-0.25, -0.2) is 8.42 Å². The maximum absolute atomic E-state index is 10.4. The second-order valence-electron chi connectivity index (χ2n) is 9.72. The number of allylic oxidation sites excluding steroid dienone is 2. The van der Waals surface area contributed by atoms with Gasteiger partial charge in [-0.3, -0.25) is 0 Å². The molecule has 0 aliphatic rings. The summed E-state index contributed by atoms with van der Waals surface area (Å²) in [6.45, 7) is 14.0. The van der Waals surface area contributed by atoms with Crippen molar-refractivity contribution in [2.45, 2.75) is 103 Å². The van der Waals surface area contributed by atoms with Crippen LogP contribution in [0.5, 0.6) is 0 Å². The van der Waals surface area contributed by atoms with Gasteiger partial charge in [0.1, 0.15) is 10.1 Å². The van der Waals surface area contributed by atoms with Crippen molar-refractivity contribution in [1.29, 1.82) is 0 Å². The molecule has 34 heavy (non-hydrogen) atoms. The SMILES string of the molecule is C=C/C=C/C[N+](C)(CCCCCCCC)CCCCCCCC.Cc1ccc(S(=O)(=O)[O-])cc1. The van der Waals surface area contributed by atoms with Crippen LogP contribution in [0.4, 0.5) is 0 Å². The van der Waals surface area contributed by atoms with Crippen LogP contribution in [-0.2, 0) is 10.1 Å². The van der Waals surface area contributed by atoms with Crippen LogP contribution in [0.3, 0.4) is 0 Å². The Morgan fingerprint density at radius 1 is 0.824 bits per heavy atom. The lowest BCUT2D eigenvalue weighted by atomic mass is 10.1. The number of hydrogen-bond acceptors (Lipinski definition) is 3. The lowest BCUT2D eigenvalue weighted by Gasteiger charge is -2.34. The highest BCUT2D eigenvalue weighted by atomic mass is 32.2. The summed E-state index contributed by atoms with van der Waals surface area (Å²) < 4.78 is 32.4. The van der Waals surface area contributed by atoms with Gasteiger partial charge in [-0.1, -0.05) is 102 Å². The maximum atomic E-state index is 10.4. The molecule has 0 saturated carbocycles. The number of rotatable bonds is 18. The van der Waals surface area contributed by atoms with Crippen molar-refractivity contribution in [3.05, 3.63) is 54.6 Å². The molecule has 0 atom stereocenters. The van der Waals surface area contributed by atoms with Crippen LogP contribution in [0.1, 0.15) is 96.5 Å². The lowest BCUT2D eigenvalue weighted by Crippen LogP contribution is -2.45. The molecule has 0 fully saturated rings. The van der Waals surface area contributed by atoms with Crippen molar-refractivity contribution < 1.29 is 17.5 Å². The molecule has 5 heteroatoms. The third-order valence-corrected chi connectivity index (χ3v) is 7.08. The van der Waals surface area contributed by atoms with E-state index >= 15 is 0 Å². The maximum Gasteiger partial charge on any atom is 0.124 e. The van der Waals surface area contributed by atoms with Gasteiger partial charge in [-0.15, -0.1) is 0 Å². The third-order valence-electron chi connectivity index (χ3n) is 6.23. The minimum Gasteiger partial charge on any atom is -0.744 e. The van der Waals surface area contributed by atoms with E-state index in [9.17, 15) is 13.0 Å². The summed E-state index contributed by atoms with van der Waals surface area (Å²) in [4.78, 5) is -0.178. The molecule has 0 N–H and O–H groups in total. The minimum absolute atomic E-state index is 0.178. The molecule has 0 aliphatic heterocycles. The summed E-state index contributed by atoms with van der Waals surface area (Å²) in [6.07, 6.45) is 23.1. The molecule has 0 heterocycles. The molecule has 0 spiro atoms. The molecule has 0 saturated heterocycles. The van der Waals surface area contributed by atoms with Gasteiger partial charge < -0.3 is 9.04 Å². The fourth-order valence-electron chi connectivity index (χ4n) is 3.96. The van der Waals surface area contributed by atoms with Gasteiger partial charge in [0.05, 0.1) is 31.6 Å². The first-order chi connectivity index (χ1) is 16.2. The first-order valence-electron chi connectivity index (χ1n) is 13.3. The number of likely N-dealkylation sites (N-methyl/N-ethyl adjacent to an activating group) is 1. The number of aryl methyl sites for hydroxylation is 1. The second-order valence-corrected chi connectivity index (χ2v) is 11.1. The van der Waals surface area contributed by atoms with Crippen LogP contribution in [0.2, 0.25) is 0 Å². The van der Waals surface area contributed by atoms with E-state index in [-0.39, 0.29) is 4.90 Å². The molecule has 196 valence electrons. The quantitative estimate of drug-likeness (QED) is 0.0907. The van der Waals surface area contributed by atoms with Crippen LogP contribution in [0.25, 0.3) is 0 Å². The molecule has 0 aromatic heterocycles. The van der Waals surface area contributed by atoms with Crippen LogP contribution in [0, 0.1) is 6.92 Å². The summed E-state index contributed by atoms with van der Waals surface area (Å²) in [7, 11) is -1.82. The fraction of sp³-hybridized carbons (Fsp3) is 0.655. The normalized spacial score (nSPS) is 11.9. The van der Waals surface area contributed by atoms with E-state index in [1.807, 2.05) is 13.0 Å². The molecule has 1 aromatic rings. The zero-order valence-electron chi connectivity index (χ0n) is 22.4. The summed E-state index contributed by atoms with van der Waals surface area (Å²) >= 11 is 0. The molecule has 0 amide bonds. The summed E-state index contributed by atoms with van der Waals surface area (Å²) in [5, 5.41) is 0. The third kappa shape index (κ3) is 18.0. The predicted octanol–water partition coefficient (Wildman–Crippen LogP) is 7.80. The molecular formula is C29H51NO3S. The van der Waals surface area contributed by atoms with Crippen molar-refractivity contribution in [3.63, 3.8) is 0 Å². The second kappa shape index (κ2) is 19.8. The highest BCUT2D eigenvalue weighted by Crippen LogP contribution is 2.14. The van der Waals surface area contributed by atoms with Crippen molar-refractivity contribution in [2.24, 2.45) is 0 Å². The molecule has 1 rings (SSSR count). The molecule has 4 nitrogen and oxygen atoms in total. The first-order valence-corrected chi connectivity index (χ1v) is 14.7. The van der Waals surface area contributed by atoms with Crippen molar-refractivity contribution in [3.8, 4) is 0 Å². The van der Waals surface area contributed by atoms with E-state index in [0.29, 0.717) is 0 Å². The van der Waals surface area contributed by atoms with E-state index in [4.69, 9.17) is 0 Å². The Hall–Kier alpha value is -1.43. The molecular weight excluding hydrogens is 442 g/mol. The van der Waals surface area contributed by atoms with E-state index in [2.05, 4.69) is 39.6 Å². The first kappa shape index (κ1) is 32.6. The Morgan fingerprint density at radius 2 is 1.26 bits per heavy atom. The predicted molar refractivity (Wildman–Crippen MR) is 146 cm³/mol. The van der Waals surface area contributed by atoms with E-state index in [1.165, 1.54) is 107 Å². The molecule has 0 radical (unpaired) electrons. The minimum atomic E-state index is -4.27. The Morgan fingerprint density at radius 3 is 1.68 bits per heavy atom. The average Bonchev–Trinajstić information content (AvgIpc) is 2.79. The lowest BCUT2D eigenvalue weighted by molar-refractivity contribution is -0.904. The van der Waals surface area contributed by atoms with Crippen LogP contribution < -0.4 is 0 Å². The Kier molecular flexibility index (Phi) is 19.0. The topological polar surface area (TPSA) is 57.2 Å². The van der Waals surface area contributed by atoms with Gasteiger partial charge in [0.2, 0.25) is 0 Å². The highest BCUT2D eigenvalue weighted by molar-refractivity contribution is 7.85. The number of unbranched alkanes of at least 4 members (excludes halogenated alkanes) is 10. The zero-order valence-corrected chi connectivity index (χ0v) is 23.3. The Bertz CT molecular complexity index is 738. The Balaban J connectivity index is 0.000000818. The van der Waals surface area contributed by atoms with E-state index in [0.717, 1.165) is 12.1 Å². The molecule has 1 aromatic carbocycles. The largest absolute Gasteiger partial charge is 0.744 e. The zero-order chi connectivity index (χ0) is 25.7. The monoisotopic (exact) mass is 493 g/mol. The molecule has 0 aliphatic carbocycles. The van der Waals surface area contributed by atoms with Gasteiger partial charge in [-0.2, -0.15) is 0 Å². The average molecular weight is 494 g/mol. The summed E-state index contributed by atoms with van der Waals surface area (Å²) in [5.74, 6) is 0. The van der Waals surface area contributed by atoms with Gasteiger partial charge in [0, 0.05) is 0 Å². The highest BCUT2D eigenvalue weighted by Gasteiger charge is 2.18. The molecule has 0 bridgehead atoms. The van der Waals surface area contributed by atoms with Gasteiger partial charge >= 0.3 is 0 Å². The number of hydrogen-bond donors (Lipinski definition) is 0. The number of nitrogens with zero attached hydrogens (tertiary/aromatic N) is 1. The summed E-state index contributed by atoms with van der Waals surface area (Å²) in [5.41, 5.74) is 0.928. The van der Waals surface area contributed by atoms with Gasteiger partial charge in [0.15, 0.2) is 0 Å². The van der Waals surface area contributed by atoms with Gasteiger partial charge in [-0.05, 0) is 50.8 Å². The number of quaternary nitrogens is 1. The molecule has 0 unspecified atom stereocenters. The van der Waals surface area contributed by atoms with Crippen LogP contribution in [0.15, 0.2) is 54.0 Å². The van der Waals surface area contributed by atoms with Crippen molar-refractivity contribution in [1.82, 2.24) is 0 Å². The smallest absolute Gasteiger partial charge is 0.124 e. The van der Waals surface area contributed by atoms with Crippen molar-refractivity contribution >= 4 is 10.1 Å².